The highest BCUT2D eigenvalue weighted by molar-refractivity contribution is 6.46. The molecule has 31 heavy (non-hydrogen) atoms. The molecule has 0 aliphatic carbocycles. The van der Waals surface area contributed by atoms with Gasteiger partial charge in [-0.05, 0) is 41.8 Å². The Bertz CT molecular complexity index is 1110. The van der Waals surface area contributed by atoms with E-state index in [-0.39, 0.29) is 17.9 Å². The van der Waals surface area contributed by atoms with Crippen molar-refractivity contribution in [3.8, 4) is 5.75 Å². The van der Waals surface area contributed by atoms with Crippen molar-refractivity contribution in [3.05, 3.63) is 95.0 Å². The van der Waals surface area contributed by atoms with Crippen LogP contribution in [0.2, 0.25) is 0 Å². The number of ketones is 1. The van der Waals surface area contributed by atoms with Gasteiger partial charge in [-0.1, -0.05) is 43.3 Å². The molecule has 0 saturated carbocycles. The van der Waals surface area contributed by atoms with Crippen LogP contribution in [0.5, 0.6) is 5.75 Å². The molecule has 1 aliphatic heterocycles. The minimum Gasteiger partial charge on any atom is -0.507 e. The summed E-state index contributed by atoms with van der Waals surface area (Å²) in [7, 11) is 1.57. The summed E-state index contributed by atoms with van der Waals surface area (Å²) >= 11 is 0. The van der Waals surface area contributed by atoms with Crippen LogP contribution in [-0.4, -0.2) is 28.8 Å². The van der Waals surface area contributed by atoms with Gasteiger partial charge in [-0.15, -0.1) is 0 Å². The highest BCUT2D eigenvalue weighted by atomic mass is 16.5. The van der Waals surface area contributed by atoms with Gasteiger partial charge in [-0.3, -0.25) is 9.59 Å². The van der Waals surface area contributed by atoms with Crippen LogP contribution in [0.1, 0.15) is 35.4 Å². The molecular formula is C25H23NO5. The van der Waals surface area contributed by atoms with Gasteiger partial charge >= 0.3 is 0 Å². The second kappa shape index (κ2) is 8.52. The van der Waals surface area contributed by atoms with Crippen molar-refractivity contribution >= 4 is 17.4 Å². The minimum absolute atomic E-state index is 0.0611. The average Bonchev–Trinajstić information content (AvgIpc) is 3.41. The number of benzene rings is 2. The molecule has 0 bridgehead atoms. The molecule has 1 N–H and O–H groups in total. The van der Waals surface area contributed by atoms with Crippen molar-refractivity contribution in [1.82, 2.24) is 4.90 Å². The van der Waals surface area contributed by atoms with Crippen molar-refractivity contribution < 1.29 is 23.8 Å². The monoisotopic (exact) mass is 417 g/mol. The number of aliphatic hydroxyl groups is 1. The molecule has 4 rings (SSSR count). The third kappa shape index (κ3) is 3.84. The van der Waals surface area contributed by atoms with E-state index in [0.29, 0.717) is 22.6 Å². The Balaban J connectivity index is 1.83. The summed E-state index contributed by atoms with van der Waals surface area (Å²) in [5, 5.41) is 11.1. The van der Waals surface area contributed by atoms with Crippen molar-refractivity contribution in [2.45, 2.75) is 25.9 Å². The zero-order valence-electron chi connectivity index (χ0n) is 17.4. The second-order valence-electron chi connectivity index (χ2n) is 7.33. The molecular weight excluding hydrogens is 394 g/mol. The fourth-order valence-corrected chi connectivity index (χ4v) is 3.80. The predicted molar refractivity (Wildman–Crippen MR) is 115 cm³/mol. The smallest absolute Gasteiger partial charge is 0.296 e. The van der Waals surface area contributed by atoms with E-state index < -0.39 is 17.7 Å². The zero-order valence-corrected chi connectivity index (χ0v) is 17.4. The fraction of sp³-hybridized carbons (Fsp3) is 0.200. The number of amides is 1. The first-order valence-electron chi connectivity index (χ1n) is 10.1. The molecule has 6 heteroatoms. The van der Waals surface area contributed by atoms with Crippen LogP contribution >= 0.6 is 0 Å². The molecule has 158 valence electrons. The maximum Gasteiger partial charge on any atom is 0.296 e. The Labute approximate surface area is 180 Å². The van der Waals surface area contributed by atoms with Gasteiger partial charge in [0.25, 0.3) is 11.7 Å². The van der Waals surface area contributed by atoms with Crippen molar-refractivity contribution in [1.29, 1.82) is 0 Å². The van der Waals surface area contributed by atoms with E-state index >= 15 is 0 Å². The molecule has 1 unspecified atom stereocenters. The van der Waals surface area contributed by atoms with Crippen LogP contribution in [0.3, 0.4) is 0 Å². The molecule has 1 aliphatic rings. The number of nitrogens with zero attached hydrogens (tertiary/aromatic N) is 1. The summed E-state index contributed by atoms with van der Waals surface area (Å²) < 4.78 is 10.6. The third-order valence-electron chi connectivity index (χ3n) is 5.51. The van der Waals surface area contributed by atoms with E-state index in [0.717, 1.165) is 12.0 Å². The summed E-state index contributed by atoms with van der Waals surface area (Å²) in [6, 6.07) is 17.1. The number of furan rings is 1. The summed E-state index contributed by atoms with van der Waals surface area (Å²) in [5.74, 6) is -0.383. The molecule has 1 aromatic heterocycles. The van der Waals surface area contributed by atoms with E-state index in [9.17, 15) is 14.7 Å². The molecule has 0 spiro atoms. The number of methoxy groups -OCH3 is 1. The number of ether oxygens (including phenoxy) is 1. The predicted octanol–water partition coefficient (Wildman–Crippen LogP) is 4.47. The van der Waals surface area contributed by atoms with E-state index in [1.54, 1.807) is 55.6 Å². The third-order valence-corrected chi connectivity index (χ3v) is 5.51. The van der Waals surface area contributed by atoms with Gasteiger partial charge in [0, 0.05) is 5.56 Å². The SMILES string of the molecule is CCc1ccc(/C(O)=C2/C(=O)C(=O)N(Cc3ccco3)C2c2ccc(OC)cc2)cc1. The summed E-state index contributed by atoms with van der Waals surface area (Å²) in [6.07, 6.45) is 2.38. The highest BCUT2D eigenvalue weighted by Crippen LogP contribution is 2.40. The lowest BCUT2D eigenvalue weighted by Crippen LogP contribution is -2.29. The maximum atomic E-state index is 13.0. The van der Waals surface area contributed by atoms with E-state index in [4.69, 9.17) is 9.15 Å². The number of carbonyl (C=O) groups excluding carboxylic acids is 2. The minimum atomic E-state index is -0.748. The zero-order chi connectivity index (χ0) is 22.0. The largest absolute Gasteiger partial charge is 0.507 e. The van der Waals surface area contributed by atoms with Crippen LogP contribution in [0.25, 0.3) is 5.76 Å². The Morgan fingerprint density at radius 2 is 1.77 bits per heavy atom. The molecule has 3 aromatic rings. The average molecular weight is 417 g/mol. The number of rotatable bonds is 6. The lowest BCUT2D eigenvalue weighted by molar-refractivity contribution is -0.140. The van der Waals surface area contributed by atoms with E-state index in [2.05, 4.69) is 0 Å². The van der Waals surface area contributed by atoms with Crippen LogP contribution in [0, 0.1) is 0 Å². The molecule has 2 aromatic carbocycles. The quantitative estimate of drug-likeness (QED) is 0.364. The lowest BCUT2D eigenvalue weighted by Gasteiger charge is -2.24. The first kappa shape index (κ1) is 20.5. The maximum absolute atomic E-state index is 13.0. The number of hydrogen-bond acceptors (Lipinski definition) is 5. The Hall–Kier alpha value is -3.80. The van der Waals surface area contributed by atoms with Crippen molar-refractivity contribution in [2.24, 2.45) is 0 Å². The Morgan fingerprint density at radius 1 is 1.06 bits per heavy atom. The fourth-order valence-electron chi connectivity index (χ4n) is 3.80. The van der Waals surface area contributed by atoms with Crippen LogP contribution in [0.4, 0.5) is 0 Å². The number of aryl methyl sites for hydroxylation is 1. The summed E-state index contributed by atoms with van der Waals surface area (Å²) in [6.45, 7) is 2.15. The van der Waals surface area contributed by atoms with Crippen molar-refractivity contribution in [2.75, 3.05) is 7.11 Å². The molecule has 6 nitrogen and oxygen atoms in total. The van der Waals surface area contributed by atoms with Gasteiger partial charge in [0.1, 0.15) is 17.3 Å². The van der Waals surface area contributed by atoms with Crippen LogP contribution in [-0.2, 0) is 22.6 Å². The van der Waals surface area contributed by atoms with Gasteiger partial charge in [0.2, 0.25) is 0 Å². The van der Waals surface area contributed by atoms with Gasteiger partial charge < -0.3 is 19.2 Å². The lowest BCUT2D eigenvalue weighted by atomic mass is 9.95. The molecule has 0 radical (unpaired) electrons. The standard InChI is InChI=1S/C25H23NO5/c1-3-16-6-8-18(9-7-16)23(27)21-22(17-10-12-19(30-2)13-11-17)26(25(29)24(21)28)15-20-5-4-14-31-20/h4-14,22,27H,3,15H2,1-2H3/b23-21-. The van der Waals surface area contributed by atoms with Crippen molar-refractivity contribution in [3.63, 3.8) is 0 Å². The molecule has 1 saturated heterocycles. The Morgan fingerprint density at radius 3 is 2.35 bits per heavy atom. The Kier molecular flexibility index (Phi) is 5.62. The van der Waals surface area contributed by atoms with Gasteiger partial charge in [0.05, 0.1) is 31.5 Å². The normalized spacial score (nSPS) is 17.9. The van der Waals surface area contributed by atoms with E-state index in [1.165, 1.54) is 11.2 Å². The van der Waals surface area contributed by atoms with E-state index in [1.807, 2.05) is 19.1 Å². The van der Waals surface area contributed by atoms with Gasteiger partial charge in [-0.2, -0.15) is 0 Å². The number of aliphatic hydroxyl groups excluding tert-OH is 1. The number of likely N-dealkylation sites (tertiary alicyclic amines) is 1. The van der Waals surface area contributed by atoms with Gasteiger partial charge in [0.15, 0.2) is 0 Å². The van der Waals surface area contributed by atoms with Crippen LogP contribution < -0.4 is 4.74 Å². The molecule has 1 atom stereocenters. The van der Waals surface area contributed by atoms with Gasteiger partial charge in [-0.25, -0.2) is 0 Å². The number of Topliss-reactive ketones (excluding diaryl/α,β-unsaturated/α-hetero) is 1. The molecule has 2 heterocycles. The first-order valence-corrected chi connectivity index (χ1v) is 10.1. The molecule has 1 amide bonds. The topological polar surface area (TPSA) is 80.0 Å². The highest BCUT2D eigenvalue weighted by Gasteiger charge is 2.46. The molecule has 1 fully saturated rings. The summed E-state index contributed by atoms with van der Waals surface area (Å²) in [5.41, 5.74) is 2.36. The number of hydrogen-bond donors (Lipinski definition) is 1. The number of carbonyl (C=O) groups is 2. The first-order chi connectivity index (χ1) is 15.0. The summed E-state index contributed by atoms with van der Waals surface area (Å²) in [4.78, 5) is 27.4. The van der Waals surface area contributed by atoms with Crippen LogP contribution in [0.15, 0.2) is 76.9 Å². The second-order valence-corrected chi connectivity index (χ2v) is 7.33.